The Morgan fingerprint density at radius 2 is 1.92 bits per heavy atom. The van der Waals surface area contributed by atoms with E-state index < -0.39 is 33.6 Å². The lowest BCUT2D eigenvalue weighted by molar-refractivity contribution is -0.141. The number of rotatable bonds is 6. The molecule has 1 atom stereocenters. The Morgan fingerprint density at radius 3 is 2.44 bits per heavy atom. The topological polar surface area (TPSA) is 95.0 Å². The SMILES string of the molecule is CC(CN(C)S(=O)(=O)c1ccc(C(=O)N2CCCC2)c(F)c1)C(=O)O. The largest absolute Gasteiger partial charge is 0.481 e. The van der Waals surface area contributed by atoms with Crippen LogP contribution in [0.15, 0.2) is 23.1 Å². The first-order chi connectivity index (χ1) is 11.6. The molecule has 7 nitrogen and oxygen atoms in total. The summed E-state index contributed by atoms with van der Waals surface area (Å²) in [7, 11) is -2.81. The zero-order chi connectivity index (χ0) is 18.8. The first-order valence-corrected chi connectivity index (χ1v) is 9.36. The average molecular weight is 372 g/mol. The van der Waals surface area contributed by atoms with Gasteiger partial charge >= 0.3 is 5.97 Å². The van der Waals surface area contributed by atoms with Gasteiger partial charge < -0.3 is 10.0 Å². The van der Waals surface area contributed by atoms with Crippen molar-refractivity contribution in [2.75, 3.05) is 26.7 Å². The summed E-state index contributed by atoms with van der Waals surface area (Å²) in [5.41, 5.74) is -0.164. The highest BCUT2D eigenvalue weighted by atomic mass is 32.2. The van der Waals surface area contributed by atoms with Crippen molar-refractivity contribution >= 4 is 21.9 Å². The van der Waals surface area contributed by atoms with Gasteiger partial charge in [-0.1, -0.05) is 6.92 Å². The Kier molecular flexibility index (Phi) is 5.79. The van der Waals surface area contributed by atoms with Crippen molar-refractivity contribution in [2.24, 2.45) is 5.92 Å². The minimum absolute atomic E-state index is 0.164. The zero-order valence-corrected chi connectivity index (χ0v) is 14.9. The maximum Gasteiger partial charge on any atom is 0.307 e. The lowest BCUT2D eigenvalue weighted by atomic mass is 10.2. The van der Waals surface area contributed by atoms with E-state index in [1.54, 1.807) is 0 Å². The molecule has 25 heavy (non-hydrogen) atoms. The number of carbonyl (C=O) groups is 2. The highest BCUT2D eigenvalue weighted by Gasteiger charge is 2.27. The monoisotopic (exact) mass is 372 g/mol. The number of halogens is 1. The van der Waals surface area contributed by atoms with Gasteiger partial charge in [-0.25, -0.2) is 17.1 Å². The number of amides is 1. The molecule has 2 rings (SSSR count). The summed E-state index contributed by atoms with van der Waals surface area (Å²) in [6.45, 7) is 2.27. The Labute approximate surface area is 146 Å². The van der Waals surface area contributed by atoms with Crippen LogP contribution in [0.4, 0.5) is 4.39 Å². The van der Waals surface area contributed by atoms with E-state index >= 15 is 0 Å². The summed E-state index contributed by atoms with van der Waals surface area (Å²) in [5, 5.41) is 8.89. The van der Waals surface area contributed by atoms with E-state index in [2.05, 4.69) is 0 Å². The number of likely N-dealkylation sites (tertiary alicyclic amines) is 1. The van der Waals surface area contributed by atoms with Crippen LogP contribution in [0.2, 0.25) is 0 Å². The number of aliphatic carboxylic acids is 1. The number of nitrogens with zero attached hydrogens (tertiary/aromatic N) is 2. The summed E-state index contributed by atoms with van der Waals surface area (Å²) in [6, 6.07) is 3.14. The number of carboxylic acids is 1. The van der Waals surface area contributed by atoms with Crippen LogP contribution in [0.5, 0.6) is 0 Å². The summed E-state index contributed by atoms with van der Waals surface area (Å²) in [6.07, 6.45) is 1.73. The number of carbonyl (C=O) groups excluding carboxylic acids is 1. The molecule has 1 aromatic carbocycles. The van der Waals surface area contributed by atoms with Gasteiger partial charge in [0.05, 0.1) is 16.4 Å². The molecule has 1 unspecified atom stereocenters. The highest BCUT2D eigenvalue weighted by Crippen LogP contribution is 2.21. The molecule has 138 valence electrons. The Hall–Kier alpha value is -2.00. The van der Waals surface area contributed by atoms with Crippen molar-refractivity contribution < 1.29 is 27.5 Å². The van der Waals surface area contributed by atoms with Gasteiger partial charge in [-0.3, -0.25) is 9.59 Å². The van der Waals surface area contributed by atoms with Crippen LogP contribution in [-0.4, -0.2) is 61.3 Å². The molecule has 0 saturated carbocycles. The van der Waals surface area contributed by atoms with E-state index in [4.69, 9.17) is 5.11 Å². The third-order valence-electron chi connectivity index (χ3n) is 4.22. The molecule has 1 aromatic rings. The van der Waals surface area contributed by atoms with E-state index in [0.717, 1.165) is 29.3 Å². The second-order valence-corrected chi connectivity index (χ2v) is 8.21. The van der Waals surface area contributed by atoms with Crippen LogP contribution in [-0.2, 0) is 14.8 Å². The van der Waals surface area contributed by atoms with Crippen LogP contribution in [0.25, 0.3) is 0 Å². The number of carboxylic acid groups (broad SMARTS) is 1. The second kappa shape index (κ2) is 7.49. The molecule has 0 aliphatic carbocycles. The van der Waals surface area contributed by atoms with Gasteiger partial charge in [0.15, 0.2) is 0 Å². The molecule has 1 N–H and O–H groups in total. The van der Waals surface area contributed by atoms with Gasteiger partial charge in [-0.2, -0.15) is 0 Å². The molecule has 9 heteroatoms. The third kappa shape index (κ3) is 4.16. The molecule has 0 aromatic heterocycles. The maximum absolute atomic E-state index is 14.3. The summed E-state index contributed by atoms with van der Waals surface area (Å²) in [4.78, 5) is 24.3. The molecule has 1 aliphatic rings. The van der Waals surface area contributed by atoms with Gasteiger partial charge in [0, 0.05) is 26.7 Å². The average Bonchev–Trinajstić information content (AvgIpc) is 3.08. The summed E-state index contributed by atoms with van der Waals surface area (Å²) >= 11 is 0. The smallest absolute Gasteiger partial charge is 0.307 e. The van der Waals surface area contributed by atoms with Crippen molar-refractivity contribution in [1.82, 2.24) is 9.21 Å². The van der Waals surface area contributed by atoms with Crippen molar-refractivity contribution in [3.63, 3.8) is 0 Å². The molecular formula is C16H21FN2O5S. The van der Waals surface area contributed by atoms with Crippen molar-refractivity contribution in [1.29, 1.82) is 0 Å². The molecule has 1 saturated heterocycles. The standard InChI is InChI=1S/C16H21FN2O5S/c1-11(16(21)22)10-18(2)25(23,24)12-5-6-13(14(17)9-12)15(20)19-7-3-4-8-19/h5-6,9,11H,3-4,7-8,10H2,1-2H3,(H,21,22). The summed E-state index contributed by atoms with van der Waals surface area (Å²) in [5.74, 6) is -3.38. The van der Waals surface area contributed by atoms with E-state index in [-0.39, 0.29) is 17.0 Å². The number of benzene rings is 1. The summed E-state index contributed by atoms with van der Waals surface area (Å²) < 4.78 is 40.1. The van der Waals surface area contributed by atoms with Gasteiger partial charge in [0.1, 0.15) is 5.82 Å². The van der Waals surface area contributed by atoms with E-state index in [0.29, 0.717) is 13.1 Å². The number of hydrogen-bond donors (Lipinski definition) is 1. The quantitative estimate of drug-likeness (QED) is 0.814. The molecule has 0 radical (unpaired) electrons. The predicted molar refractivity (Wildman–Crippen MR) is 88.2 cm³/mol. The molecule has 1 aliphatic heterocycles. The van der Waals surface area contributed by atoms with Crippen LogP contribution in [0, 0.1) is 11.7 Å². The molecule has 1 amide bonds. The zero-order valence-electron chi connectivity index (χ0n) is 14.1. The van der Waals surface area contributed by atoms with Gasteiger partial charge in [0.2, 0.25) is 10.0 Å². The van der Waals surface area contributed by atoms with Crippen LogP contribution in [0.1, 0.15) is 30.1 Å². The second-order valence-electron chi connectivity index (χ2n) is 6.17. The molecule has 0 spiro atoms. The normalized spacial score (nSPS) is 16.2. The van der Waals surface area contributed by atoms with Gasteiger partial charge in [-0.05, 0) is 31.0 Å². The lowest BCUT2D eigenvalue weighted by Gasteiger charge is -2.20. The maximum atomic E-state index is 14.3. The molecular weight excluding hydrogens is 351 g/mol. The van der Waals surface area contributed by atoms with Gasteiger partial charge in [0.25, 0.3) is 5.91 Å². The Bertz CT molecular complexity index is 775. The van der Waals surface area contributed by atoms with Crippen molar-refractivity contribution in [3.8, 4) is 0 Å². The van der Waals surface area contributed by atoms with Crippen LogP contribution < -0.4 is 0 Å². The third-order valence-corrected chi connectivity index (χ3v) is 6.04. The fraction of sp³-hybridized carbons (Fsp3) is 0.500. The predicted octanol–water partition coefficient (Wildman–Crippen LogP) is 1.40. The van der Waals surface area contributed by atoms with Crippen molar-refractivity contribution in [2.45, 2.75) is 24.7 Å². The van der Waals surface area contributed by atoms with E-state index in [9.17, 15) is 22.4 Å². The number of sulfonamides is 1. The Morgan fingerprint density at radius 1 is 1.32 bits per heavy atom. The molecule has 1 heterocycles. The Balaban J connectivity index is 2.23. The lowest BCUT2D eigenvalue weighted by Crippen LogP contribution is -2.34. The first kappa shape index (κ1) is 19.3. The van der Waals surface area contributed by atoms with Crippen LogP contribution >= 0.6 is 0 Å². The molecule has 1 fully saturated rings. The van der Waals surface area contributed by atoms with Crippen LogP contribution in [0.3, 0.4) is 0 Å². The minimum Gasteiger partial charge on any atom is -0.481 e. The van der Waals surface area contributed by atoms with Crippen molar-refractivity contribution in [3.05, 3.63) is 29.6 Å². The minimum atomic E-state index is -4.05. The fourth-order valence-corrected chi connectivity index (χ4v) is 3.93. The van der Waals surface area contributed by atoms with Gasteiger partial charge in [-0.15, -0.1) is 0 Å². The molecule has 0 bridgehead atoms. The fourth-order valence-electron chi connectivity index (χ4n) is 2.66. The number of hydrogen-bond acceptors (Lipinski definition) is 4. The van der Waals surface area contributed by atoms with E-state index in [1.165, 1.54) is 24.9 Å². The highest BCUT2D eigenvalue weighted by molar-refractivity contribution is 7.89. The first-order valence-electron chi connectivity index (χ1n) is 7.92. The van der Waals surface area contributed by atoms with E-state index in [1.807, 2.05) is 0 Å².